The van der Waals surface area contributed by atoms with Gasteiger partial charge in [0.2, 0.25) is 5.82 Å². The molecule has 2 aromatic heterocycles. The first kappa shape index (κ1) is 12.2. The van der Waals surface area contributed by atoms with Crippen LogP contribution in [-0.4, -0.2) is 22.0 Å². The van der Waals surface area contributed by atoms with Crippen LogP contribution in [0.25, 0.3) is 5.52 Å². The molecule has 2 heterocycles. The summed E-state index contributed by atoms with van der Waals surface area (Å²) in [5.74, 6) is -1.05. The molecule has 0 aliphatic heterocycles. The van der Waals surface area contributed by atoms with Gasteiger partial charge in [-0.3, -0.25) is 4.40 Å². The third-order valence-corrected chi connectivity index (χ3v) is 3.05. The average Bonchev–Trinajstić information content (AvgIpc) is 2.73. The molecule has 0 N–H and O–H groups in total. The van der Waals surface area contributed by atoms with E-state index in [1.807, 2.05) is 0 Å². The van der Waals surface area contributed by atoms with Crippen molar-refractivity contribution >= 4 is 33.1 Å². The molecule has 0 atom stereocenters. The van der Waals surface area contributed by atoms with Crippen molar-refractivity contribution in [3.8, 4) is 0 Å². The number of pyridine rings is 1. The van der Waals surface area contributed by atoms with Crippen molar-refractivity contribution in [3.63, 3.8) is 0 Å². The number of aromatic nitrogens is 2. The summed E-state index contributed by atoms with van der Waals surface area (Å²) < 4.78 is 19.8. The lowest BCUT2D eigenvalue weighted by Crippen LogP contribution is -2.09. The first-order valence-electron chi connectivity index (χ1n) is 4.79. The van der Waals surface area contributed by atoms with Gasteiger partial charge in [-0.05, 0) is 34.6 Å². The van der Waals surface area contributed by atoms with Gasteiger partial charge in [0.1, 0.15) is 11.3 Å². The van der Waals surface area contributed by atoms with Gasteiger partial charge in [0.25, 0.3) is 0 Å². The van der Waals surface area contributed by atoms with E-state index in [2.05, 4.69) is 4.98 Å². The van der Waals surface area contributed by atoms with E-state index in [1.54, 1.807) is 6.92 Å². The molecule has 0 aliphatic rings. The Morgan fingerprint density at radius 1 is 1.71 bits per heavy atom. The molecule has 0 saturated heterocycles. The highest BCUT2D eigenvalue weighted by Crippen LogP contribution is 2.25. The molecule has 0 aromatic carbocycles. The van der Waals surface area contributed by atoms with E-state index < -0.39 is 11.8 Å². The minimum atomic E-state index is -0.594. The van der Waals surface area contributed by atoms with Crippen LogP contribution in [0.15, 0.2) is 23.4 Å². The van der Waals surface area contributed by atoms with Gasteiger partial charge in [0.05, 0.1) is 12.8 Å². The number of nitrogens with zero attached hydrogens (tertiary/aromatic N) is 2. The Labute approximate surface area is 105 Å². The fraction of sp³-hybridized carbons (Fsp3) is 0.200. The van der Waals surface area contributed by atoms with Crippen LogP contribution < -0.4 is 0 Å². The number of carbonyl (C=O) groups is 1. The number of halogens is 2. The van der Waals surface area contributed by atoms with Gasteiger partial charge in [0.15, 0.2) is 0 Å². The molecule has 90 valence electrons. The van der Waals surface area contributed by atoms with Crippen molar-refractivity contribution in [2.24, 2.45) is 0 Å². The van der Waals surface area contributed by atoms with Crippen LogP contribution in [0.5, 0.6) is 0 Å². The maximum Gasteiger partial charge on any atom is 0.374 e. The molecule has 0 amide bonds. The number of rotatable bonds is 3. The number of imidazole rings is 1. The maximum absolute atomic E-state index is 13.6. The van der Waals surface area contributed by atoms with E-state index in [-0.39, 0.29) is 17.9 Å². The Hall–Kier alpha value is -1.27. The van der Waals surface area contributed by atoms with Crippen molar-refractivity contribution in [3.05, 3.63) is 30.1 Å². The van der Waals surface area contributed by atoms with Crippen molar-refractivity contribution in [2.75, 3.05) is 6.61 Å². The molecule has 0 aliphatic carbocycles. The number of carbonyl (C=O) groups excluding carboxylic acids is 1. The Balaban J connectivity index is 2.58. The largest absolute Gasteiger partial charge is 0.460 e. The Morgan fingerprint density at radius 3 is 3.12 bits per heavy atom. The maximum atomic E-state index is 13.6. The Bertz CT molecular complexity index is 573. The second-order valence-corrected chi connectivity index (χ2v) is 4.25. The van der Waals surface area contributed by atoms with Crippen LogP contribution in [-0.2, 0) is 4.74 Å². The third-order valence-electron chi connectivity index (χ3n) is 2.11. The normalized spacial score (nSPS) is 10.8. The first-order chi connectivity index (χ1) is 8.17. The molecule has 0 spiro atoms. The fourth-order valence-corrected chi connectivity index (χ4v) is 1.97. The summed E-state index contributed by atoms with van der Waals surface area (Å²) in [7, 11) is 6.43. The summed E-state index contributed by atoms with van der Waals surface area (Å²) in [6, 6.07) is 1.28. The minimum Gasteiger partial charge on any atom is -0.460 e. The van der Waals surface area contributed by atoms with E-state index in [9.17, 15) is 9.18 Å². The molecular formula is C10H8ClFN2O2S. The van der Waals surface area contributed by atoms with E-state index in [4.69, 9.17) is 15.4 Å². The van der Waals surface area contributed by atoms with Gasteiger partial charge >= 0.3 is 5.97 Å². The van der Waals surface area contributed by atoms with E-state index in [0.717, 1.165) is 11.0 Å². The van der Waals surface area contributed by atoms with Gasteiger partial charge in [-0.15, -0.1) is 0 Å². The van der Waals surface area contributed by atoms with E-state index in [0.29, 0.717) is 4.90 Å². The lowest BCUT2D eigenvalue weighted by molar-refractivity contribution is 0.0511. The number of hydrogen-bond acceptors (Lipinski definition) is 4. The third kappa shape index (κ3) is 2.23. The second-order valence-electron chi connectivity index (χ2n) is 3.16. The predicted octanol–water partition coefficient (Wildman–Crippen LogP) is 2.90. The molecule has 2 rings (SSSR count). The Kier molecular flexibility index (Phi) is 3.54. The summed E-state index contributed by atoms with van der Waals surface area (Å²) >= 11 is 0. The van der Waals surface area contributed by atoms with Crippen LogP contribution >= 0.6 is 21.7 Å². The summed E-state index contributed by atoms with van der Waals surface area (Å²) in [5, 5.41) is 0. The van der Waals surface area contributed by atoms with Crippen molar-refractivity contribution in [1.82, 2.24) is 9.38 Å². The zero-order chi connectivity index (χ0) is 12.4. The molecule has 0 radical (unpaired) electrons. The molecule has 0 saturated carbocycles. The monoisotopic (exact) mass is 274 g/mol. The quantitative estimate of drug-likeness (QED) is 0.807. The number of ether oxygens (including phenoxy) is 1. The predicted molar refractivity (Wildman–Crippen MR) is 62.8 cm³/mol. The molecule has 0 unspecified atom stereocenters. The standard InChI is InChI=1S/C10H8ClFN2O2S/c1-2-16-10(15)9-13-4-8-7(12)3-6(17-11)5-14(8)9/h3-5H,2H2,1H3. The van der Waals surface area contributed by atoms with Crippen LogP contribution in [0.2, 0.25) is 0 Å². The molecule has 2 aromatic rings. The zero-order valence-electron chi connectivity index (χ0n) is 8.81. The average molecular weight is 275 g/mol. The SMILES string of the molecule is CCOC(=O)c1ncc2c(F)cc(SCl)cn12. The summed E-state index contributed by atoms with van der Waals surface area (Å²) in [6.07, 6.45) is 2.82. The first-order valence-corrected chi connectivity index (χ1v) is 6.44. The summed E-state index contributed by atoms with van der Waals surface area (Å²) in [5.41, 5.74) is 0.211. The van der Waals surface area contributed by atoms with Crippen LogP contribution in [0, 0.1) is 5.82 Å². The highest BCUT2D eigenvalue weighted by atomic mass is 35.7. The smallest absolute Gasteiger partial charge is 0.374 e. The van der Waals surface area contributed by atoms with Crippen LogP contribution in [0.4, 0.5) is 4.39 Å². The zero-order valence-corrected chi connectivity index (χ0v) is 10.4. The topological polar surface area (TPSA) is 43.6 Å². The highest BCUT2D eigenvalue weighted by molar-refractivity contribution is 8.21. The molecule has 7 heteroatoms. The molecule has 0 bridgehead atoms. The number of fused-ring (bicyclic) bond motifs is 1. The van der Waals surface area contributed by atoms with Gasteiger partial charge in [0, 0.05) is 11.1 Å². The molecule has 4 nitrogen and oxygen atoms in total. The minimum absolute atomic E-state index is 0.0355. The molecular weight excluding hydrogens is 267 g/mol. The van der Waals surface area contributed by atoms with Gasteiger partial charge in [-0.25, -0.2) is 14.2 Å². The lowest BCUT2D eigenvalue weighted by Gasteiger charge is -2.03. The van der Waals surface area contributed by atoms with Crippen LogP contribution in [0.3, 0.4) is 0 Å². The molecule has 17 heavy (non-hydrogen) atoms. The van der Waals surface area contributed by atoms with Crippen molar-refractivity contribution in [1.29, 1.82) is 0 Å². The Morgan fingerprint density at radius 2 is 2.47 bits per heavy atom. The lowest BCUT2D eigenvalue weighted by atomic mass is 10.4. The number of esters is 1. The van der Waals surface area contributed by atoms with Crippen LogP contribution in [0.1, 0.15) is 17.5 Å². The van der Waals surface area contributed by atoms with E-state index >= 15 is 0 Å². The molecule has 0 fully saturated rings. The summed E-state index contributed by atoms with van der Waals surface area (Å²) in [4.78, 5) is 15.9. The van der Waals surface area contributed by atoms with Crippen molar-refractivity contribution < 1.29 is 13.9 Å². The van der Waals surface area contributed by atoms with Crippen molar-refractivity contribution in [2.45, 2.75) is 11.8 Å². The van der Waals surface area contributed by atoms with E-state index in [1.165, 1.54) is 22.9 Å². The summed E-state index contributed by atoms with van der Waals surface area (Å²) in [6.45, 7) is 1.93. The number of hydrogen-bond donors (Lipinski definition) is 0. The second kappa shape index (κ2) is 4.93. The highest BCUT2D eigenvalue weighted by Gasteiger charge is 2.16. The fourth-order valence-electron chi connectivity index (χ4n) is 1.42. The van der Waals surface area contributed by atoms with Gasteiger partial charge in [-0.2, -0.15) is 0 Å². The van der Waals surface area contributed by atoms with Gasteiger partial charge < -0.3 is 4.74 Å². The van der Waals surface area contributed by atoms with Gasteiger partial charge in [-0.1, -0.05) is 0 Å².